The Balaban J connectivity index is 0.00000300. The molecule has 1 aliphatic rings. The SMILES string of the molecule is CCNC(=NCc1ccc(N2CCOCC2)c(F)c1)NCc1ccccc1Cl.I. The van der Waals surface area contributed by atoms with E-state index in [-0.39, 0.29) is 29.8 Å². The van der Waals surface area contributed by atoms with Gasteiger partial charge in [0.05, 0.1) is 25.4 Å². The Hall–Kier alpha value is -1.58. The van der Waals surface area contributed by atoms with Gasteiger partial charge in [-0.05, 0) is 36.2 Å². The van der Waals surface area contributed by atoms with Gasteiger partial charge in [-0.3, -0.25) is 0 Å². The summed E-state index contributed by atoms with van der Waals surface area (Å²) in [5, 5.41) is 7.18. The van der Waals surface area contributed by atoms with Crippen molar-refractivity contribution >= 4 is 47.2 Å². The van der Waals surface area contributed by atoms with Crippen molar-refractivity contribution in [3.8, 4) is 0 Å². The Morgan fingerprint density at radius 1 is 1.17 bits per heavy atom. The Morgan fingerprint density at radius 3 is 2.62 bits per heavy atom. The number of hydrogen-bond donors (Lipinski definition) is 2. The maximum atomic E-state index is 14.5. The molecule has 5 nitrogen and oxygen atoms in total. The molecular formula is C21H27ClFIN4O. The Kier molecular flexibility index (Phi) is 9.96. The molecule has 0 unspecified atom stereocenters. The van der Waals surface area contributed by atoms with Crippen LogP contribution in [0.5, 0.6) is 0 Å². The normalized spacial score (nSPS) is 14.3. The van der Waals surface area contributed by atoms with Gasteiger partial charge in [0.25, 0.3) is 0 Å². The first-order valence-electron chi connectivity index (χ1n) is 9.54. The number of anilines is 1. The van der Waals surface area contributed by atoms with Crippen LogP contribution in [0.3, 0.4) is 0 Å². The van der Waals surface area contributed by atoms with Crippen LogP contribution < -0.4 is 15.5 Å². The summed E-state index contributed by atoms with van der Waals surface area (Å²) < 4.78 is 19.9. The summed E-state index contributed by atoms with van der Waals surface area (Å²) in [5.41, 5.74) is 2.44. The molecule has 1 fully saturated rings. The largest absolute Gasteiger partial charge is 0.378 e. The Labute approximate surface area is 193 Å². The van der Waals surface area contributed by atoms with Crippen LogP contribution in [0.2, 0.25) is 5.02 Å². The van der Waals surface area contributed by atoms with Crippen LogP contribution in [0.15, 0.2) is 47.5 Å². The van der Waals surface area contributed by atoms with E-state index in [0.29, 0.717) is 56.1 Å². The fourth-order valence-electron chi connectivity index (χ4n) is 3.04. The predicted octanol–water partition coefficient (Wildman–Crippen LogP) is 4.19. The zero-order chi connectivity index (χ0) is 19.8. The average molecular weight is 533 g/mol. The zero-order valence-electron chi connectivity index (χ0n) is 16.5. The van der Waals surface area contributed by atoms with Crippen molar-refractivity contribution in [3.05, 3.63) is 64.4 Å². The second kappa shape index (κ2) is 12.2. The van der Waals surface area contributed by atoms with Gasteiger partial charge in [-0.15, -0.1) is 24.0 Å². The third-order valence-electron chi connectivity index (χ3n) is 4.53. The minimum atomic E-state index is -0.219. The lowest BCUT2D eigenvalue weighted by Crippen LogP contribution is -2.37. The highest BCUT2D eigenvalue weighted by molar-refractivity contribution is 14.0. The fourth-order valence-corrected chi connectivity index (χ4v) is 3.24. The molecule has 0 amide bonds. The second-order valence-electron chi connectivity index (χ2n) is 6.53. The molecule has 1 saturated heterocycles. The van der Waals surface area contributed by atoms with E-state index in [9.17, 15) is 4.39 Å². The van der Waals surface area contributed by atoms with E-state index in [1.807, 2.05) is 48.2 Å². The van der Waals surface area contributed by atoms with E-state index in [1.54, 1.807) is 6.07 Å². The maximum Gasteiger partial charge on any atom is 0.191 e. The second-order valence-corrected chi connectivity index (χ2v) is 6.93. The van der Waals surface area contributed by atoms with Gasteiger partial charge in [0.15, 0.2) is 5.96 Å². The predicted molar refractivity (Wildman–Crippen MR) is 128 cm³/mol. The molecule has 0 bridgehead atoms. The number of guanidine groups is 1. The smallest absolute Gasteiger partial charge is 0.191 e. The molecule has 0 aliphatic carbocycles. The first-order chi connectivity index (χ1) is 13.7. The van der Waals surface area contributed by atoms with Crippen LogP contribution in [0, 0.1) is 5.82 Å². The molecule has 1 heterocycles. The van der Waals surface area contributed by atoms with E-state index >= 15 is 0 Å². The molecule has 0 atom stereocenters. The first-order valence-corrected chi connectivity index (χ1v) is 9.92. The van der Waals surface area contributed by atoms with Crippen LogP contribution in [-0.4, -0.2) is 38.8 Å². The molecule has 8 heteroatoms. The summed E-state index contributed by atoms with van der Waals surface area (Å²) in [4.78, 5) is 6.58. The van der Waals surface area contributed by atoms with Gasteiger partial charge in [-0.1, -0.05) is 35.9 Å². The minimum Gasteiger partial charge on any atom is -0.378 e. The van der Waals surface area contributed by atoms with Gasteiger partial charge < -0.3 is 20.3 Å². The summed E-state index contributed by atoms with van der Waals surface area (Å²) in [5.74, 6) is 0.448. The number of rotatable bonds is 6. The molecule has 1 aliphatic heterocycles. The highest BCUT2D eigenvalue weighted by Gasteiger charge is 2.15. The summed E-state index contributed by atoms with van der Waals surface area (Å²) in [6, 6.07) is 13.0. The van der Waals surface area contributed by atoms with Gasteiger partial charge in [0.2, 0.25) is 0 Å². The first kappa shape index (κ1) is 23.7. The third kappa shape index (κ3) is 7.01. The summed E-state index contributed by atoms with van der Waals surface area (Å²) >= 11 is 6.20. The van der Waals surface area contributed by atoms with Crippen LogP contribution in [0.25, 0.3) is 0 Å². The summed E-state index contributed by atoms with van der Waals surface area (Å²) in [6.07, 6.45) is 0. The number of aliphatic imine (C=N–C) groups is 1. The van der Waals surface area contributed by atoms with Crippen LogP contribution in [0.4, 0.5) is 10.1 Å². The van der Waals surface area contributed by atoms with Crippen molar-refractivity contribution in [2.24, 2.45) is 4.99 Å². The van der Waals surface area contributed by atoms with Crippen molar-refractivity contribution in [2.45, 2.75) is 20.0 Å². The molecule has 2 aromatic rings. The molecule has 0 radical (unpaired) electrons. The fraction of sp³-hybridized carbons (Fsp3) is 0.381. The molecule has 0 spiro atoms. The Morgan fingerprint density at radius 2 is 1.93 bits per heavy atom. The number of nitrogens with zero attached hydrogens (tertiary/aromatic N) is 2. The standard InChI is InChI=1S/C21H26ClFN4O.HI/c1-2-24-21(26-15-17-5-3-4-6-18(17)22)25-14-16-7-8-20(19(23)13-16)27-9-11-28-12-10-27;/h3-8,13H,2,9-12,14-15H2,1H3,(H2,24,25,26);1H. The Bertz CT molecular complexity index is 815. The summed E-state index contributed by atoms with van der Waals surface area (Å²) in [6.45, 7) is 6.38. The molecule has 0 saturated carbocycles. The van der Waals surface area contributed by atoms with E-state index in [1.165, 1.54) is 0 Å². The number of benzene rings is 2. The van der Waals surface area contributed by atoms with Crippen molar-refractivity contribution < 1.29 is 9.13 Å². The topological polar surface area (TPSA) is 48.9 Å². The molecule has 2 N–H and O–H groups in total. The molecule has 2 aromatic carbocycles. The van der Waals surface area contributed by atoms with Crippen LogP contribution >= 0.6 is 35.6 Å². The molecule has 158 valence electrons. The lowest BCUT2D eigenvalue weighted by Gasteiger charge is -2.29. The number of hydrogen-bond acceptors (Lipinski definition) is 3. The van der Waals surface area contributed by atoms with Crippen molar-refractivity contribution in [3.63, 3.8) is 0 Å². The van der Waals surface area contributed by atoms with Gasteiger partial charge in [0.1, 0.15) is 5.82 Å². The highest BCUT2D eigenvalue weighted by atomic mass is 127. The minimum absolute atomic E-state index is 0. The van der Waals surface area contributed by atoms with Crippen molar-refractivity contribution in [2.75, 3.05) is 37.7 Å². The molecular weight excluding hydrogens is 506 g/mol. The third-order valence-corrected chi connectivity index (χ3v) is 4.90. The van der Waals surface area contributed by atoms with Crippen LogP contribution in [0.1, 0.15) is 18.1 Å². The average Bonchev–Trinajstić information content (AvgIpc) is 2.72. The van der Waals surface area contributed by atoms with Gasteiger partial charge in [-0.25, -0.2) is 9.38 Å². The lowest BCUT2D eigenvalue weighted by atomic mass is 10.1. The van der Waals surface area contributed by atoms with E-state index < -0.39 is 0 Å². The van der Waals surface area contributed by atoms with Gasteiger partial charge in [-0.2, -0.15) is 0 Å². The van der Waals surface area contributed by atoms with Gasteiger partial charge in [0, 0.05) is 31.2 Å². The monoisotopic (exact) mass is 532 g/mol. The zero-order valence-corrected chi connectivity index (χ0v) is 19.5. The maximum absolute atomic E-state index is 14.5. The number of nitrogens with one attached hydrogen (secondary N) is 2. The number of halogens is 3. The van der Waals surface area contributed by atoms with Crippen molar-refractivity contribution in [1.29, 1.82) is 0 Å². The highest BCUT2D eigenvalue weighted by Crippen LogP contribution is 2.22. The molecule has 29 heavy (non-hydrogen) atoms. The van der Waals surface area contributed by atoms with Gasteiger partial charge >= 0.3 is 0 Å². The quantitative estimate of drug-likeness (QED) is 0.333. The number of ether oxygens (including phenoxy) is 1. The van der Waals surface area contributed by atoms with E-state index in [2.05, 4.69) is 15.6 Å². The molecule has 0 aromatic heterocycles. The van der Waals surface area contributed by atoms with Crippen LogP contribution in [-0.2, 0) is 17.8 Å². The van der Waals surface area contributed by atoms with Crippen molar-refractivity contribution in [1.82, 2.24) is 10.6 Å². The van der Waals surface area contributed by atoms with E-state index in [0.717, 1.165) is 17.7 Å². The van der Waals surface area contributed by atoms with E-state index in [4.69, 9.17) is 16.3 Å². The summed E-state index contributed by atoms with van der Waals surface area (Å²) in [7, 11) is 0. The number of morpholine rings is 1. The molecule has 3 rings (SSSR count). The lowest BCUT2D eigenvalue weighted by molar-refractivity contribution is 0.122.